The molecule has 1 aromatic rings. The van der Waals surface area contributed by atoms with Gasteiger partial charge < -0.3 is 25.6 Å². The minimum Gasteiger partial charge on any atom is -0.358 e. The molecule has 0 bridgehead atoms. The van der Waals surface area contributed by atoms with Crippen molar-refractivity contribution >= 4 is 23.6 Å². The van der Waals surface area contributed by atoms with Gasteiger partial charge >= 0.3 is 0 Å². The normalized spacial score (nSPS) is 30.2. The zero-order chi connectivity index (χ0) is 22.9. The standard InChI is InChI=1S/C24H36N4O3S/c1-15(25-4)22(29)27-18-9-11-31-21-13-24(2,3)20(28(21)23(18)30)14-26-17-10-12-32-19-8-6-5-7-16(17)19/h5-8,15,17-18,20-21,25-26H,9-14H2,1-4H3,(H,27,29)/t15?,17-,18+,20-,21+/m1/s1. The van der Waals surface area contributed by atoms with Gasteiger partial charge in [0.25, 0.3) is 0 Å². The van der Waals surface area contributed by atoms with Crippen molar-refractivity contribution in [3.05, 3.63) is 29.8 Å². The number of nitrogens with one attached hydrogen (secondary N) is 3. The molecule has 2 amide bonds. The fourth-order valence-electron chi connectivity index (χ4n) is 5.07. The van der Waals surface area contributed by atoms with Crippen molar-refractivity contribution in [2.75, 3.05) is 26.0 Å². The first kappa shape index (κ1) is 23.5. The van der Waals surface area contributed by atoms with Crippen molar-refractivity contribution in [2.24, 2.45) is 5.41 Å². The van der Waals surface area contributed by atoms with Crippen LogP contribution in [0.4, 0.5) is 0 Å². The van der Waals surface area contributed by atoms with E-state index in [1.807, 2.05) is 16.7 Å². The number of hydrogen-bond donors (Lipinski definition) is 3. The van der Waals surface area contributed by atoms with Crippen molar-refractivity contribution in [3.63, 3.8) is 0 Å². The molecule has 3 aliphatic heterocycles. The summed E-state index contributed by atoms with van der Waals surface area (Å²) in [6.45, 7) is 7.39. The van der Waals surface area contributed by atoms with Crippen molar-refractivity contribution in [1.82, 2.24) is 20.9 Å². The zero-order valence-electron chi connectivity index (χ0n) is 19.5. The molecule has 2 saturated heterocycles. The maximum Gasteiger partial charge on any atom is 0.247 e. The quantitative estimate of drug-likeness (QED) is 0.604. The van der Waals surface area contributed by atoms with E-state index in [-0.39, 0.29) is 41.6 Å². The van der Waals surface area contributed by atoms with Crippen LogP contribution in [0.1, 0.15) is 51.6 Å². The van der Waals surface area contributed by atoms with Gasteiger partial charge in [-0.2, -0.15) is 0 Å². The largest absolute Gasteiger partial charge is 0.358 e. The molecule has 8 heteroatoms. The van der Waals surface area contributed by atoms with Crippen molar-refractivity contribution in [2.45, 2.75) is 75.3 Å². The third-order valence-corrected chi connectivity index (χ3v) is 8.30. The summed E-state index contributed by atoms with van der Waals surface area (Å²) in [6, 6.07) is 7.98. The SMILES string of the molecule is CNC(C)C(=O)N[C@H]1CCO[C@H]2CC(C)(C)[C@@H](CN[C@@H]3CCSc4ccccc43)N2C1=O. The second kappa shape index (κ2) is 9.71. The highest BCUT2D eigenvalue weighted by atomic mass is 32.2. The Morgan fingerprint density at radius 2 is 2.06 bits per heavy atom. The number of ether oxygens (including phenoxy) is 1. The van der Waals surface area contributed by atoms with Gasteiger partial charge in [0.05, 0.1) is 18.7 Å². The van der Waals surface area contributed by atoms with Gasteiger partial charge in [0.2, 0.25) is 11.8 Å². The minimum absolute atomic E-state index is 0.000896. The highest BCUT2D eigenvalue weighted by Gasteiger charge is 2.51. The minimum atomic E-state index is -0.550. The van der Waals surface area contributed by atoms with Gasteiger partial charge in [-0.15, -0.1) is 11.8 Å². The van der Waals surface area contributed by atoms with E-state index in [2.05, 4.69) is 54.1 Å². The summed E-state index contributed by atoms with van der Waals surface area (Å²) >= 11 is 1.91. The number of nitrogens with zero attached hydrogens (tertiary/aromatic N) is 1. The van der Waals surface area contributed by atoms with Gasteiger partial charge in [0, 0.05) is 23.9 Å². The van der Waals surface area contributed by atoms with Crippen LogP contribution in [0.2, 0.25) is 0 Å². The zero-order valence-corrected chi connectivity index (χ0v) is 20.3. The Morgan fingerprint density at radius 1 is 1.28 bits per heavy atom. The second-order valence-corrected chi connectivity index (χ2v) is 10.9. The molecule has 0 radical (unpaired) electrons. The number of benzene rings is 1. The number of hydrogen-bond acceptors (Lipinski definition) is 6. The summed E-state index contributed by atoms with van der Waals surface area (Å²) in [5.74, 6) is 0.907. The lowest BCUT2D eigenvalue weighted by molar-refractivity contribution is -0.144. The number of fused-ring (bicyclic) bond motifs is 2. The molecule has 7 nitrogen and oxygen atoms in total. The summed E-state index contributed by atoms with van der Waals surface area (Å²) in [5.41, 5.74) is 1.26. The van der Waals surface area contributed by atoms with Crippen molar-refractivity contribution in [1.29, 1.82) is 0 Å². The highest BCUT2D eigenvalue weighted by Crippen LogP contribution is 2.43. The number of amides is 2. The van der Waals surface area contributed by atoms with Crippen LogP contribution < -0.4 is 16.0 Å². The first-order chi connectivity index (χ1) is 15.3. The van der Waals surface area contributed by atoms with Gasteiger partial charge in [-0.25, -0.2) is 0 Å². The Morgan fingerprint density at radius 3 is 2.84 bits per heavy atom. The molecule has 1 unspecified atom stereocenters. The summed E-state index contributed by atoms with van der Waals surface area (Å²) < 4.78 is 6.12. The summed E-state index contributed by atoms with van der Waals surface area (Å²) in [6.07, 6.45) is 2.14. The van der Waals surface area contributed by atoms with Crippen LogP contribution in [0.3, 0.4) is 0 Å². The van der Waals surface area contributed by atoms with Gasteiger partial charge in [0.15, 0.2) is 0 Å². The smallest absolute Gasteiger partial charge is 0.247 e. The van der Waals surface area contributed by atoms with Crippen LogP contribution in [0.5, 0.6) is 0 Å². The molecule has 0 aromatic heterocycles. The molecular weight excluding hydrogens is 424 g/mol. The molecule has 3 N–H and O–H groups in total. The molecule has 0 spiro atoms. The van der Waals surface area contributed by atoms with E-state index in [1.165, 1.54) is 10.5 Å². The van der Waals surface area contributed by atoms with E-state index in [4.69, 9.17) is 4.74 Å². The van der Waals surface area contributed by atoms with Gasteiger partial charge in [-0.1, -0.05) is 32.0 Å². The Labute approximate surface area is 195 Å². The summed E-state index contributed by atoms with van der Waals surface area (Å²) in [7, 11) is 1.74. The van der Waals surface area contributed by atoms with Crippen molar-refractivity contribution in [3.8, 4) is 0 Å². The summed E-state index contributed by atoms with van der Waals surface area (Å²) in [5, 5.41) is 9.65. The van der Waals surface area contributed by atoms with Gasteiger partial charge in [0.1, 0.15) is 12.3 Å². The predicted molar refractivity (Wildman–Crippen MR) is 126 cm³/mol. The van der Waals surface area contributed by atoms with E-state index in [9.17, 15) is 9.59 Å². The second-order valence-electron chi connectivity index (χ2n) is 9.78. The highest BCUT2D eigenvalue weighted by molar-refractivity contribution is 7.99. The van der Waals surface area contributed by atoms with E-state index < -0.39 is 6.04 Å². The lowest BCUT2D eigenvalue weighted by Gasteiger charge is -2.36. The molecular formula is C24H36N4O3S. The molecule has 3 heterocycles. The Bertz CT molecular complexity index is 848. The molecule has 5 atom stereocenters. The monoisotopic (exact) mass is 460 g/mol. The van der Waals surface area contributed by atoms with Gasteiger partial charge in [-0.05, 0) is 49.6 Å². The molecule has 3 aliphatic rings. The maximum atomic E-state index is 13.6. The van der Waals surface area contributed by atoms with Crippen LogP contribution in [-0.4, -0.2) is 67.0 Å². The van der Waals surface area contributed by atoms with Crippen molar-refractivity contribution < 1.29 is 14.3 Å². The molecule has 32 heavy (non-hydrogen) atoms. The average molecular weight is 461 g/mol. The first-order valence-electron chi connectivity index (χ1n) is 11.7. The third-order valence-electron chi connectivity index (χ3n) is 7.18. The summed E-state index contributed by atoms with van der Waals surface area (Å²) in [4.78, 5) is 29.3. The molecule has 2 fully saturated rings. The fraction of sp³-hybridized carbons (Fsp3) is 0.667. The lowest BCUT2D eigenvalue weighted by Crippen LogP contribution is -2.56. The topological polar surface area (TPSA) is 82.7 Å². The molecule has 0 aliphatic carbocycles. The van der Waals surface area contributed by atoms with Gasteiger partial charge in [-0.3, -0.25) is 9.59 Å². The van der Waals surface area contributed by atoms with Crippen LogP contribution in [0, 0.1) is 5.41 Å². The first-order valence-corrected chi connectivity index (χ1v) is 12.7. The van der Waals surface area contributed by atoms with E-state index in [0.29, 0.717) is 19.6 Å². The number of likely N-dealkylation sites (N-methyl/N-ethyl adjacent to an activating group) is 1. The van der Waals surface area contributed by atoms with E-state index in [0.717, 1.165) is 18.6 Å². The van der Waals surface area contributed by atoms with Crippen LogP contribution in [-0.2, 0) is 14.3 Å². The van der Waals surface area contributed by atoms with Crippen LogP contribution >= 0.6 is 11.8 Å². The fourth-order valence-corrected chi connectivity index (χ4v) is 6.19. The Kier molecular flexibility index (Phi) is 7.14. The Balaban J connectivity index is 1.50. The van der Waals surface area contributed by atoms with Crippen LogP contribution in [0.15, 0.2) is 29.2 Å². The number of thioether (sulfide) groups is 1. The van der Waals surface area contributed by atoms with E-state index >= 15 is 0 Å². The molecule has 0 saturated carbocycles. The van der Waals surface area contributed by atoms with Crippen LogP contribution in [0.25, 0.3) is 0 Å². The third kappa shape index (κ3) is 4.69. The number of carbonyl (C=O) groups is 2. The number of rotatable bonds is 6. The molecule has 1 aromatic carbocycles. The predicted octanol–water partition coefficient (Wildman–Crippen LogP) is 2.28. The molecule has 4 rings (SSSR count). The number of carbonyl (C=O) groups excluding carboxylic acids is 2. The lowest BCUT2D eigenvalue weighted by atomic mass is 9.84. The Hall–Kier alpha value is -1.61. The average Bonchev–Trinajstić information content (AvgIpc) is 2.95. The maximum absolute atomic E-state index is 13.6. The molecule has 176 valence electrons. The van der Waals surface area contributed by atoms with E-state index in [1.54, 1.807) is 14.0 Å².